The number of nitrogens with one attached hydrogen (secondary N) is 2. The molecule has 5 heterocycles. The normalized spacial score (nSPS) is 14.8. The Bertz CT molecular complexity index is 2020. The molecule has 0 atom stereocenters. The van der Waals surface area contributed by atoms with E-state index in [0.29, 0.717) is 47.9 Å². The molecule has 0 amide bonds. The molecule has 2 aliphatic rings. The maximum atomic E-state index is 12.7. The highest BCUT2D eigenvalue weighted by Crippen LogP contribution is 2.38. The third-order valence-electron chi connectivity index (χ3n) is 9.68. The predicted octanol–water partition coefficient (Wildman–Crippen LogP) is 9.92. The van der Waals surface area contributed by atoms with E-state index < -0.39 is 0 Å². The molecule has 5 aromatic rings. The van der Waals surface area contributed by atoms with Crippen LogP contribution in [0.25, 0.3) is 22.8 Å². The Balaban J connectivity index is 0.000000237. The topological polar surface area (TPSA) is 182 Å². The van der Waals surface area contributed by atoms with Gasteiger partial charge in [0.15, 0.2) is 17.4 Å². The van der Waals surface area contributed by atoms with E-state index in [2.05, 4.69) is 53.6 Å². The first kappa shape index (κ1) is 43.1. The van der Waals surface area contributed by atoms with Gasteiger partial charge in [0, 0.05) is 73.9 Å². The van der Waals surface area contributed by atoms with Crippen LogP contribution in [0.4, 0.5) is 11.4 Å². The fourth-order valence-corrected chi connectivity index (χ4v) is 7.43. The summed E-state index contributed by atoms with van der Waals surface area (Å²) in [6, 6.07) is 14.6. The van der Waals surface area contributed by atoms with E-state index in [-0.39, 0.29) is 43.3 Å². The zero-order chi connectivity index (χ0) is 37.3. The maximum Gasteiger partial charge on any atom is 0.298 e. The van der Waals surface area contributed by atoms with E-state index in [1.807, 2.05) is 45.8 Å². The maximum absolute atomic E-state index is 12.7. The minimum atomic E-state index is -0.142. The second-order valence-electron chi connectivity index (χ2n) is 12.5. The van der Waals surface area contributed by atoms with Crippen molar-refractivity contribution in [3.05, 3.63) is 86.7 Å². The van der Waals surface area contributed by atoms with Crippen LogP contribution in [0.1, 0.15) is 107 Å². The van der Waals surface area contributed by atoms with Gasteiger partial charge in [-0.2, -0.15) is 27.7 Å². The molecule has 0 saturated heterocycles. The summed E-state index contributed by atoms with van der Waals surface area (Å²) in [6.45, 7) is 8.77. The molecule has 0 bridgehead atoms. The van der Waals surface area contributed by atoms with Crippen molar-refractivity contribution in [2.24, 2.45) is 10.9 Å². The molecule has 14 heteroatoms. The van der Waals surface area contributed by atoms with E-state index in [1.165, 1.54) is 11.3 Å². The molecule has 0 radical (unpaired) electrons. The van der Waals surface area contributed by atoms with Crippen LogP contribution in [-0.4, -0.2) is 50.3 Å². The number of ether oxygens (including phenoxy) is 1. The molecule has 7 rings (SSSR count). The fourth-order valence-electron chi connectivity index (χ4n) is 6.14. The first-order valence-electron chi connectivity index (χ1n) is 17.0. The molecular weight excluding hydrogens is 725 g/mol. The molecule has 0 fully saturated rings. The largest absolute Gasteiger partial charge is 0.429 e. The number of carbonyl (C=O) groups is 3. The number of thiophene rings is 2. The molecule has 288 valence electrons. The van der Waals surface area contributed by atoms with Crippen molar-refractivity contribution in [3.8, 4) is 28.6 Å². The highest BCUT2D eigenvalue weighted by Gasteiger charge is 2.36. The van der Waals surface area contributed by atoms with Crippen molar-refractivity contribution in [1.82, 2.24) is 10.1 Å². The highest BCUT2D eigenvalue weighted by atomic mass is 32.1. The smallest absolute Gasteiger partial charge is 0.298 e. The zero-order valence-electron chi connectivity index (χ0n) is 29.5. The molecular formula is C40H50N6O6S2. The van der Waals surface area contributed by atoms with Gasteiger partial charge in [-0.25, -0.2) is 0 Å². The van der Waals surface area contributed by atoms with Gasteiger partial charge in [-0.05, 0) is 85.0 Å². The van der Waals surface area contributed by atoms with Crippen molar-refractivity contribution in [2.45, 2.75) is 92.2 Å². The molecule has 2 aliphatic heterocycles. The van der Waals surface area contributed by atoms with Crippen molar-refractivity contribution < 1.29 is 28.9 Å². The van der Waals surface area contributed by atoms with Crippen LogP contribution in [0.2, 0.25) is 0 Å². The Kier molecular flexibility index (Phi) is 15.3. The van der Waals surface area contributed by atoms with Gasteiger partial charge in [0.1, 0.15) is 5.75 Å². The summed E-state index contributed by atoms with van der Waals surface area (Å²) in [5, 5.41) is 29.7. The molecule has 54 heavy (non-hydrogen) atoms. The van der Waals surface area contributed by atoms with Crippen LogP contribution in [-0.2, 0) is 4.79 Å². The van der Waals surface area contributed by atoms with Crippen molar-refractivity contribution in [1.29, 1.82) is 0 Å². The lowest BCUT2D eigenvalue weighted by molar-refractivity contribution is -0.120. The summed E-state index contributed by atoms with van der Waals surface area (Å²) in [5.41, 5.74) is 10.5. The number of oxime groups is 1. The quantitative estimate of drug-likeness (QED) is 0.0368. The van der Waals surface area contributed by atoms with Crippen LogP contribution in [0.3, 0.4) is 0 Å². The summed E-state index contributed by atoms with van der Waals surface area (Å²) in [5.74, 6) is 1.82. The van der Waals surface area contributed by atoms with Crippen LogP contribution in [0.5, 0.6) is 5.75 Å². The van der Waals surface area contributed by atoms with Gasteiger partial charge < -0.3 is 30.8 Å². The van der Waals surface area contributed by atoms with E-state index in [1.54, 1.807) is 35.6 Å². The monoisotopic (exact) mass is 774 g/mol. The first-order valence-corrected chi connectivity index (χ1v) is 18.9. The number of aromatic nitrogens is 2. The van der Waals surface area contributed by atoms with Gasteiger partial charge >= 0.3 is 0 Å². The number of benzene rings is 2. The lowest BCUT2D eigenvalue weighted by Gasteiger charge is -2.38. The molecule has 0 saturated carbocycles. The Morgan fingerprint density at radius 1 is 0.870 bits per heavy atom. The van der Waals surface area contributed by atoms with Crippen LogP contribution in [0, 0.1) is 0 Å². The van der Waals surface area contributed by atoms with Crippen molar-refractivity contribution in [2.75, 3.05) is 10.6 Å². The second kappa shape index (κ2) is 19.1. The van der Waals surface area contributed by atoms with Gasteiger partial charge in [0.25, 0.3) is 12.4 Å². The number of carbonyl (C=O) groups excluding carboxylic acids is 3. The van der Waals surface area contributed by atoms with Crippen molar-refractivity contribution >= 4 is 57.9 Å². The number of anilines is 2. The first-order chi connectivity index (χ1) is 25.1. The average molecular weight is 775 g/mol. The molecule has 12 nitrogen and oxygen atoms in total. The lowest BCUT2D eigenvalue weighted by atomic mass is 9.81. The van der Waals surface area contributed by atoms with E-state index in [9.17, 15) is 14.4 Å². The third-order valence-corrected chi connectivity index (χ3v) is 11.0. The minimum absolute atomic E-state index is 0. The Labute approximate surface area is 324 Å². The number of rotatable bonds is 9. The Hall–Kier alpha value is -5.34. The van der Waals surface area contributed by atoms with Crippen LogP contribution >= 0.6 is 22.7 Å². The molecule has 0 spiro atoms. The summed E-state index contributed by atoms with van der Waals surface area (Å²) in [4.78, 5) is 39.6. The number of amidine groups is 1. The van der Waals surface area contributed by atoms with Crippen LogP contribution < -0.4 is 21.1 Å². The summed E-state index contributed by atoms with van der Waals surface area (Å²) >= 11 is 3.10. The van der Waals surface area contributed by atoms with E-state index in [4.69, 9.17) is 20.2 Å². The van der Waals surface area contributed by atoms with Gasteiger partial charge in [-0.15, -0.1) is 0 Å². The number of fused-ring (bicyclic) bond motifs is 2. The number of ketones is 2. The van der Waals surface area contributed by atoms with Crippen LogP contribution in [0.15, 0.2) is 79.7 Å². The molecule has 5 N–H and O–H groups in total. The predicted molar refractivity (Wildman–Crippen MR) is 218 cm³/mol. The Morgan fingerprint density at radius 2 is 1.44 bits per heavy atom. The summed E-state index contributed by atoms with van der Waals surface area (Å²) in [6.07, 6.45) is 4.65. The molecule has 3 aromatic heterocycles. The van der Waals surface area contributed by atoms with Gasteiger partial charge in [-0.3, -0.25) is 14.4 Å². The van der Waals surface area contributed by atoms with Gasteiger partial charge in [0.2, 0.25) is 5.82 Å². The third kappa shape index (κ3) is 9.60. The molecule has 0 aliphatic carbocycles. The molecule has 2 aromatic carbocycles. The minimum Gasteiger partial charge on any atom is -0.429 e. The lowest BCUT2D eigenvalue weighted by Crippen LogP contribution is -2.43. The van der Waals surface area contributed by atoms with Gasteiger partial charge in [0.05, 0.1) is 0 Å². The Morgan fingerprint density at radius 3 is 1.96 bits per heavy atom. The zero-order valence-corrected chi connectivity index (χ0v) is 31.1. The molecule has 0 unspecified atom stereocenters. The van der Waals surface area contributed by atoms with E-state index >= 15 is 0 Å². The van der Waals surface area contributed by atoms with Crippen molar-refractivity contribution in [3.63, 3.8) is 0 Å². The van der Waals surface area contributed by atoms with E-state index in [0.717, 1.165) is 53.7 Å². The second-order valence-corrected chi connectivity index (χ2v) is 14.1. The number of nitrogens with zero attached hydrogens (tertiary/aromatic N) is 3. The SMILES string of the molecule is C.C.CCC1(CC)CC(=O)c2cc(-c3nc(-c4ccsc4)no3)ccc2N1.CCC1(CC)CC(=O)c2cc(OC=O)ccc2N1.NC(=NO)c1ccsc1. The summed E-state index contributed by atoms with van der Waals surface area (Å²) in [7, 11) is 0. The standard InChI is InChI=1S/C19H19N3O2S.C14H17NO3.C5H6N2OS.2CH4/c1-3-19(4-2)10-16(23)14-9-12(5-6-15(14)21-19)18-20-17(22-24-18)13-7-8-25-11-13;1-3-14(4-2)8-13(17)11-7-10(18-9-16)5-6-12(11)15-14;6-5(7-8)4-1-2-9-3-4;;/h5-9,11,21H,3-4,10H2,1-2H3;5-7,9,15H,3-4,8H2,1-2H3;1-3,8H,(H2,6,7);2*1H4. The average Bonchev–Trinajstić information content (AvgIpc) is 3.99. The fraction of sp³-hybridized carbons (Fsp3) is 0.350. The number of nitrogens with two attached hydrogens (primary N) is 1. The number of Topliss-reactive ketones (excluding diaryl/α,β-unsaturated/α-hetero) is 2. The van der Waals surface area contributed by atoms with Gasteiger partial charge in [-0.1, -0.05) is 52.9 Å². The number of hydrogen-bond acceptors (Lipinski definition) is 13. The number of hydrogen-bond donors (Lipinski definition) is 4. The highest BCUT2D eigenvalue weighted by molar-refractivity contribution is 7.08. The summed E-state index contributed by atoms with van der Waals surface area (Å²) < 4.78 is 10.2.